The van der Waals surface area contributed by atoms with Crippen LogP contribution in [0, 0.1) is 5.82 Å². The third-order valence-corrected chi connectivity index (χ3v) is 1.33. The van der Waals surface area contributed by atoms with E-state index in [1.54, 1.807) is 19.3 Å². The van der Waals surface area contributed by atoms with E-state index in [0.29, 0.717) is 5.56 Å². The maximum atomic E-state index is 12.9. The monoisotopic (exact) mass is 152 g/mol. The Morgan fingerprint density at radius 2 is 2.45 bits per heavy atom. The van der Waals surface area contributed by atoms with Crippen molar-refractivity contribution in [2.24, 2.45) is 0 Å². The Hall–Kier alpha value is -1.38. The summed E-state index contributed by atoms with van der Waals surface area (Å²) < 4.78 is 12.9. The van der Waals surface area contributed by atoms with Crippen molar-refractivity contribution in [3.8, 4) is 0 Å². The summed E-state index contributed by atoms with van der Waals surface area (Å²) in [4.78, 5) is 3.81. The number of anilines is 1. The van der Waals surface area contributed by atoms with E-state index in [9.17, 15) is 4.39 Å². The molecule has 0 atom stereocenters. The largest absolute Gasteiger partial charge is 0.371 e. The van der Waals surface area contributed by atoms with Crippen LogP contribution in [0.4, 0.5) is 10.2 Å². The molecule has 1 aromatic heterocycles. The number of nitrogens with zero attached hydrogens (tertiary/aromatic N) is 1. The van der Waals surface area contributed by atoms with Gasteiger partial charge in [-0.15, -0.1) is 0 Å². The Balaban J connectivity index is 3.09. The number of rotatable bonds is 2. The molecule has 0 aliphatic heterocycles. The van der Waals surface area contributed by atoms with Gasteiger partial charge in [0, 0.05) is 13.2 Å². The lowest BCUT2D eigenvalue weighted by molar-refractivity contribution is 0.625. The summed E-state index contributed by atoms with van der Waals surface area (Å²) in [7, 11) is 1.62. The molecule has 0 amide bonds. The zero-order chi connectivity index (χ0) is 8.27. The molecule has 1 aromatic rings. The second-order valence-corrected chi connectivity index (χ2v) is 2.05. The van der Waals surface area contributed by atoms with E-state index in [4.69, 9.17) is 0 Å². The van der Waals surface area contributed by atoms with Gasteiger partial charge in [-0.2, -0.15) is 0 Å². The lowest BCUT2D eigenvalue weighted by atomic mass is 10.3. The van der Waals surface area contributed by atoms with E-state index in [1.165, 1.54) is 6.07 Å². The molecule has 3 heteroatoms. The van der Waals surface area contributed by atoms with Crippen LogP contribution >= 0.6 is 0 Å². The van der Waals surface area contributed by atoms with Crippen LogP contribution in [0.5, 0.6) is 0 Å². The van der Waals surface area contributed by atoms with Gasteiger partial charge in [-0.25, -0.2) is 9.37 Å². The molecule has 0 spiro atoms. The van der Waals surface area contributed by atoms with E-state index >= 15 is 0 Å². The van der Waals surface area contributed by atoms with E-state index in [2.05, 4.69) is 16.9 Å². The predicted molar refractivity (Wildman–Crippen MR) is 43.8 cm³/mol. The van der Waals surface area contributed by atoms with Crippen molar-refractivity contribution in [1.82, 2.24) is 4.98 Å². The zero-order valence-electron chi connectivity index (χ0n) is 6.26. The van der Waals surface area contributed by atoms with Crippen LogP contribution in [0.2, 0.25) is 0 Å². The van der Waals surface area contributed by atoms with Gasteiger partial charge in [-0.05, 0) is 11.6 Å². The average Bonchev–Trinajstić information content (AvgIpc) is 2.04. The molecule has 0 aliphatic carbocycles. The average molecular weight is 152 g/mol. The Morgan fingerprint density at radius 1 is 1.73 bits per heavy atom. The van der Waals surface area contributed by atoms with Crippen molar-refractivity contribution in [2.75, 3.05) is 12.4 Å². The molecular formula is C8H9FN2. The van der Waals surface area contributed by atoms with Gasteiger partial charge in [-0.1, -0.05) is 12.7 Å². The van der Waals surface area contributed by atoms with Crippen molar-refractivity contribution in [1.29, 1.82) is 0 Å². The number of halogens is 1. The van der Waals surface area contributed by atoms with Crippen LogP contribution in [0.25, 0.3) is 6.08 Å². The lowest BCUT2D eigenvalue weighted by Crippen LogP contribution is -1.95. The molecule has 0 radical (unpaired) electrons. The Morgan fingerprint density at radius 3 is 2.91 bits per heavy atom. The van der Waals surface area contributed by atoms with Gasteiger partial charge in [0.05, 0.1) is 0 Å². The molecule has 58 valence electrons. The van der Waals surface area contributed by atoms with Gasteiger partial charge in [0.1, 0.15) is 0 Å². The summed E-state index contributed by atoms with van der Waals surface area (Å²) >= 11 is 0. The fourth-order valence-electron chi connectivity index (χ4n) is 0.748. The van der Waals surface area contributed by atoms with Crippen LogP contribution < -0.4 is 5.32 Å². The van der Waals surface area contributed by atoms with Gasteiger partial charge in [0.2, 0.25) is 0 Å². The minimum Gasteiger partial charge on any atom is -0.371 e. The Bertz CT molecular complexity index is 271. The maximum absolute atomic E-state index is 12.9. The number of aromatic nitrogens is 1. The number of nitrogens with one attached hydrogen (secondary N) is 1. The molecule has 0 saturated carbocycles. The SMILES string of the molecule is C=Cc1cnc(NC)c(F)c1. The first kappa shape index (κ1) is 7.72. The summed E-state index contributed by atoms with van der Waals surface area (Å²) in [5, 5.41) is 2.63. The summed E-state index contributed by atoms with van der Waals surface area (Å²) in [6.45, 7) is 3.50. The first-order chi connectivity index (χ1) is 5.27. The summed E-state index contributed by atoms with van der Waals surface area (Å²) in [5.74, 6) is -0.0968. The zero-order valence-corrected chi connectivity index (χ0v) is 6.26. The summed E-state index contributed by atoms with van der Waals surface area (Å²) in [5.41, 5.74) is 0.682. The quantitative estimate of drug-likeness (QED) is 0.700. The molecule has 0 aromatic carbocycles. The fraction of sp³-hybridized carbons (Fsp3) is 0.125. The smallest absolute Gasteiger partial charge is 0.166 e. The molecular weight excluding hydrogens is 143 g/mol. The van der Waals surface area contributed by atoms with Crippen molar-refractivity contribution in [2.45, 2.75) is 0 Å². The minimum absolute atomic E-state index is 0.260. The Labute approximate surface area is 64.8 Å². The molecule has 1 N–H and O–H groups in total. The van der Waals surface area contributed by atoms with Gasteiger partial charge < -0.3 is 5.32 Å². The van der Waals surface area contributed by atoms with Crippen molar-refractivity contribution >= 4 is 11.9 Å². The first-order valence-corrected chi connectivity index (χ1v) is 3.23. The molecule has 1 rings (SSSR count). The molecule has 0 bridgehead atoms. The summed E-state index contributed by atoms with van der Waals surface area (Å²) in [6.07, 6.45) is 3.11. The van der Waals surface area contributed by atoms with E-state index in [-0.39, 0.29) is 11.6 Å². The third-order valence-electron chi connectivity index (χ3n) is 1.33. The van der Waals surface area contributed by atoms with Crippen molar-refractivity contribution < 1.29 is 4.39 Å². The maximum Gasteiger partial charge on any atom is 0.166 e. The topological polar surface area (TPSA) is 24.9 Å². The number of hydrogen-bond donors (Lipinski definition) is 1. The van der Waals surface area contributed by atoms with Gasteiger partial charge in [0.25, 0.3) is 0 Å². The second-order valence-electron chi connectivity index (χ2n) is 2.05. The molecule has 0 fully saturated rings. The molecule has 2 nitrogen and oxygen atoms in total. The first-order valence-electron chi connectivity index (χ1n) is 3.23. The van der Waals surface area contributed by atoms with Gasteiger partial charge >= 0.3 is 0 Å². The van der Waals surface area contributed by atoms with Crippen LogP contribution in [-0.2, 0) is 0 Å². The van der Waals surface area contributed by atoms with E-state index in [0.717, 1.165) is 0 Å². The van der Waals surface area contributed by atoms with Crippen LogP contribution in [0.1, 0.15) is 5.56 Å². The molecule has 0 aliphatic rings. The predicted octanol–water partition coefficient (Wildman–Crippen LogP) is 1.91. The third kappa shape index (κ3) is 1.55. The van der Waals surface area contributed by atoms with Gasteiger partial charge in [-0.3, -0.25) is 0 Å². The molecule has 0 saturated heterocycles. The Kier molecular flexibility index (Phi) is 2.21. The normalized spacial score (nSPS) is 9.27. The summed E-state index contributed by atoms with van der Waals surface area (Å²) in [6, 6.07) is 1.38. The van der Waals surface area contributed by atoms with Crippen LogP contribution in [-0.4, -0.2) is 12.0 Å². The van der Waals surface area contributed by atoms with Gasteiger partial charge in [0.15, 0.2) is 11.6 Å². The second kappa shape index (κ2) is 3.14. The highest BCUT2D eigenvalue weighted by atomic mass is 19.1. The van der Waals surface area contributed by atoms with Crippen LogP contribution in [0.3, 0.4) is 0 Å². The highest BCUT2D eigenvalue weighted by Gasteiger charge is 1.99. The highest BCUT2D eigenvalue weighted by molar-refractivity contribution is 5.49. The van der Waals surface area contributed by atoms with Crippen molar-refractivity contribution in [3.63, 3.8) is 0 Å². The lowest BCUT2D eigenvalue weighted by Gasteiger charge is -2.00. The highest BCUT2D eigenvalue weighted by Crippen LogP contribution is 2.11. The standard InChI is InChI=1S/C8H9FN2/c1-3-6-4-7(9)8(10-2)11-5-6/h3-5H,1H2,2H3,(H,10,11). The van der Waals surface area contributed by atoms with E-state index < -0.39 is 0 Å². The fourth-order valence-corrected chi connectivity index (χ4v) is 0.748. The number of hydrogen-bond acceptors (Lipinski definition) is 2. The molecule has 11 heavy (non-hydrogen) atoms. The number of pyridine rings is 1. The van der Waals surface area contributed by atoms with E-state index in [1.807, 2.05) is 0 Å². The van der Waals surface area contributed by atoms with Crippen LogP contribution in [0.15, 0.2) is 18.8 Å². The molecule has 0 unspecified atom stereocenters. The van der Waals surface area contributed by atoms with Crippen molar-refractivity contribution in [3.05, 3.63) is 30.2 Å². The minimum atomic E-state index is -0.357. The molecule has 1 heterocycles.